The molecule has 1 aliphatic rings. The molecular weight excluding hydrogens is 402 g/mol. The average molecular weight is 422 g/mol. The van der Waals surface area contributed by atoms with Crippen molar-refractivity contribution in [1.82, 2.24) is 4.31 Å². The van der Waals surface area contributed by atoms with Crippen LogP contribution in [0.1, 0.15) is 23.2 Å². The highest BCUT2D eigenvalue weighted by Gasteiger charge is 2.22. The number of anilines is 2. The van der Waals surface area contributed by atoms with Gasteiger partial charge in [0.05, 0.1) is 15.5 Å². The number of carbonyl (C=O) groups excluding carboxylic acids is 2. The molecule has 1 fully saturated rings. The van der Waals surface area contributed by atoms with Gasteiger partial charge in [-0.05, 0) is 48.9 Å². The van der Waals surface area contributed by atoms with Crippen molar-refractivity contribution < 1.29 is 18.0 Å². The molecule has 0 bridgehead atoms. The molecule has 148 valence electrons. The van der Waals surface area contributed by atoms with Gasteiger partial charge in [-0.1, -0.05) is 11.6 Å². The Morgan fingerprint density at radius 2 is 1.82 bits per heavy atom. The number of nitrogens with zero attached hydrogens (tertiary/aromatic N) is 2. The normalized spacial score (nSPS) is 14.6. The number of nitrogens with one attached hydrogen (secondary N) is 1. The molecule has 2 amide bonds. The third-order valence-electron chi connectivity index (χ3n) is 4.47. The van der Waals surface area contributed by atoms with Crippen LogP contribution in [0.5, 0.6) is 0 Å². The predicted molar refractivity (Wildman–Crippen MR) is 108 cm³/mol. The average Bonchev–Trinajstić information content (AvgIpc) is 3.08. The number of sulfonamides is 1. The molecule has 1 N–H and O–H groups in total. The molecule has 3 rings (SSSR count). The number of rotatable bonds is 5. The van der Waals surface area contributed by atoms with Crippen LogP contribution in [0.25, 0.3) is 0 Å². The fourth-order valence-corrected chi connectivity index (χ4v) is 4.03. The second kappa shape index (κ2) is 7.90. The van der Waals surface area contributed by atoms with E-state index in [4.69, 9.17) is 11.6 Å². The first kappa shape index (κ1) is 20.3. The standard InChI is InChI=1S/C19H20ClN3O4S/c1-22(2)28(26,27)15-9-10-17(20)16(12-15)19(25)21-13-5-7-14(8-6-13)23-11-3-4-18(23)24/h5-10,12H,3-4,11H2,1-2H3,(H,21,25). The number of carbonyl (C=O) groups is 2. The number of hydrogen-bond donors (Lipinski definition) is 1. The Labute approximate surface area is 168 Å². The summed E-state index contributed by atoms with van der Waals surface area (Å²) in [7, 11) is -0.860. The smallest absolute Gasteiger partial charge is 0.257 e. The molecule has 1 saturated heterocycles. The van der Waals surface area contributed by atoms with Gasteiger partial charge >= 0.3 is 0 Å². The minimum Gasteiger partial charge on any atom is -0.322 e. The predicted octanol–water partition coefficient (Wildman–Crippen LogP) is 2.97. The molecule has 0 atom stereocenters. The van der Waals surface area contributed by atoms with Crippen molar-refractivity contribution in [2.24, 2.45) is 0 Å². The zero-order valence-electron chi connectivity index (χ0n) is 15.5. The zero-order valence-corrected chi connectivity index (χ0v) is 17.0. The van der Waals surface area contributed by atoms with E-state index in [1.54, 1.807) is 29.2 Å². The Morgan fingerprint density at radius 3 is 2.39 bits per heavy atom. The van der Waals surface area contributed by atoms with Crippen molar-refractivity contribution in [2.75, 3.05) is 30.9 Å². The van der Waals surface area contributed by atoms with Gasteiger partial charge in [-0.2, -0.15) is 0 Å². The molecule has 0 unspecified atom stereocenters. The minimum absolute atomic E-state index is 0.0186. The lowest BCUT2D eigenvalue weighted by molar-refractivity contribution is -0.117. The van der Waals surface area contributed by atoms with Crippen LogP contribution in [0.4, 0.5) is 11.4 Å². The van der Waals surface area contributed by atoms with E-state index in [2.05, 4.69) is 5.32 Å². The van der Waals surface area contributed by atoms with Gasteiger partial charge in [-0.25, -0.2) is 12.7 Å². The quantitative estimate of drug-likeness (QED) is 0.804. The SMILES string of the molecule is CN(C)S(=O)(=O)c1ccc(Cl)c(C(=O)Nc2ccc(N3CCCC3=O)cc2)c1. The first-order chi connectivity index (χ1) is 13.2. The molecule has 0 aromatic heterocycles. The molecule has 1 aliphatic heterocycles. The molecule has 0 aliphatic carbocycles. The molecule has 9 heteroatoms. The highest BCUT2D eigenvalue weighted by Crippen LogP contribution is 2.25. The van der Waals surface area contributed by atoms with Crippen LogP contribution in [-0.2, 0) is 14.8 Å². The molecule has 0 saturated carbocycles. The Hall–Kier alpha value is -2.42. The fourth-order valence-electron chi connectivity index (χ4n) is 2.89. The lowest BCUT2D eigenvalue weighted by Gasteiger charge is -2.16. The molecule has 28 heavy (non-hydrogen) atoms. The van der Waals surface area contributed by atoms with Gasteiger partial charge in [0.25, 0.3) is 5.91 Å². The molecule has 1 heterocycles. The summed E-state index contributed by atoms with van der Waals surface area (Å²) in [5.41, 5.74) is 1.35. The van der Waals surface area contributed by atoms with Gasteiger partial charge in [0.15, 0.2) is 0 Å². The lowest BCUT2D eigenvalue weighted by Crippen LogP contribution is -2.23. The Morgan fingerprint density at radius 1 is 1.14 bits per heavy atom. The number of halogens is 1. The van der Waals surface area contributed by atoms with Crippen molar-refractivity contribution in [3.63, 3.8) is 0 Å². The summed E-state index contributed by atoms with van der Waals surface area (Å²) in [5, 5.41) is 2.85. The van der Waals surface area contributed by atoms with Crippen LogP contribution in [0, 0.1) is 0 Å². The van der Waals surface area contributed by atoms with E-state index in [9.17, 15) is 18.0 Å². The zero-order chi connectivity index (χ0) is 20.5. The maximum Gasteiger partial charge on any atom is 0.257 e. The number of amides is 2. The summed E-state index contributed by atoms with van der Waals surface area (Å²) < 4.78 is 25.6. The topological polar surface area (TPSA) is 86.8 Å². The first-order valence-corrected chi connectivity index (χ1v) is 10.5. The summed E-state index contributed by atoms with van der Waals surface area (Å²) >= 11 is 6.10. The lowest BCUT2D eigenvalue weighted by atomic mass is 10.2. The number of hydrogen-bond acceptors (Lipinski definition) is 4. The monoisotopic (exact) mass is 421 g/mol. The Bertz CT molecular complexity index is 1020. The summed E-state index contributed by atoms with van der Waals surface area (Å²) in [5.74, 6) is -0.437. The maximum atomic E-state index is 12.6. The second-order valence-corrected chi connectivity index (χ2v) is 9.14. The van der Waals surface area contributed by atoms with E-state index in [0.29, 0.717) is 18.7 Å². The van der Waals surface area contributed by atoms with Gasteiger partial charge in [-0.15, -0.1) is 0 Å². The first-order valence-electron chi connectivity index (χ1n) is 8.64. The van der Waals surface area contributed by atoms with Crippen molar-refractivity contribution in [3.05, 3.63) is 53.1 Å². The largest absolute Gasteiger partial charge is 0.322 e. The van der Waals surface area contributed by atoms with Crippen LogP contribution in [-0.4, -0.2) is 45.2 Å². The van der Waals surface area contributed by atoms with E-state index in [1.165, 1.54) is 32.3 Å². The van der Waals surface area contributed by atoms with Crippen LogP contribution in [0.3, 0.4) is 0 Å². The summed E-state index contributed by atoms with van der Waals surface area (Å²) in [6.07, 6.45) is 1.38. The second-order valence-electron chi connectivity index (χ2n) is 6.58. The molecule has 7 nitrogen and oxygen atoms in total. The highest BCUT2D eigenvalue weighted by atomic mass is 35.5. The summed E-state index contributed by atoms with van der Waals surface area (Å²) in [4.78, 5) is 26.1. The van der Waals surface area contributed by atoms with Gasteiger partial charge in [-0.3, -0.25) is 9.59 Å². The maximum absolute atomic E-state index is 12.6. The van der Waals surface area contributed by atoms with E-state index < -0.39 is 15.9 Å². The number of benzene rings is 2. The molecule has 0 spiro atoms. The van der Waals surface area contributed by atoms with E-state index in [-0.39, 0.29) is 21.4 Å². The highest BCUT2D eigenvalue weighted by molar-refractivity contribution is 7.89. The van der Waals surface area contributed by atoms with Gasteiger partial charge < -0.3 is 10.2 Å². The molecule has 2 aromatic rings. The van der Waals surface area contributed by atoms with Gasteiger partial charge in [0.2, 0.25) is 15.9 Å². The minimum atomic E-state index is -3.69. The van der Waals surface area contributed by atoms with Crippen LogP contribution >= 0.6 is 11.6 Å². The van der Waals surface area contributed by atoms with E-state index in [0.717, 1.165) is 16.4 Å². The van der Waals surface area contributed by atoms with Crippen LogP contribution in [0.15, 0.2) is 47.4 Å². The van der Waals surface area contributed by atoms with Crippen molar-refractivity contribution >= 4 is 44.8 Å². The van der Waals surface area contributed by atoms with E-state index >= 15 is 0 Å². The Balaban J connectivity index is 1.80. The third kappa shape index (κ3) is 4.04. The molecule has 0 radical (unpaired) electrons. The third-order valence-corrected chi connectivity index (χ3v) is 6.61. The molecular formula is C19H20ClN3O4S. The van der Waals surface area contributed by atoms with Crippen molar-refractivity contribution in [2.45, 2.75) is 17.7 Å². The van der Waals surface area contributed by atoms with Crippen molar-refractivity contribution in [1.29, 1.82) is 0 Å². The van der Waals surface area contributed by atoms with E-state index in [1.807, 2.05) is 0 Å². The summed E-state index contributed by atoms with van der Waals surface area (Å²) in [6, 6.07) is 10.9. The van der Waals surface area contributed by atoms with Crippen LogP contribution in [0.2, 0.25) is 5.02 Å². The Kier molecular flexibility index (Phi) is 5.74. The van der Waals surface area contributed by atoms with Gasteiger partial charge in [0, 0.05) is 38.4 Å². The summed E-state index contributed by atoms with van der Waals surface area (Å²) in [6.45, 7) is 0.688. The molecule has 2 aromatic carbocycles. The van der Waals surface area contributed by atoms with Crippen LogP contribution < -0.4 is 10.2 Å². The van der Waals surface area contributed by atoms with Crippen molar-refractivity contribution in [3.8, 4) is 0 Å². The fraction of sp³-hybridized carbons (Fsp3) is 0.263. The van der Waals surface area contributed by atoms with Gasteiger partial charge in [0.1, 0.15) is 0 Å².